The van der Waals surface area contributed by atoms with Crippen LogP contribution >= 0.6 is 0 Å². The first kappa shape index (κ1) is 8.10. The Morgan fingerprint density at radius 1 is 1.38 bits per heavy atom. The molecule has 0 saturated carbocycles. The van der Waals surface area contributed by atoms with Crippen LogP contribution in [0.25, 0.3) is 0 Å². The first-order valence-corrected chi connectivity index (χ1v) is 4.30. The Bertz CT molecular complexity index is 276. The van der Waals surface area contributed by atoms with E-state index in [2.05, 4.69) is 5.16 Å². The molecule has 3 heteroatoms. The van der Waals surface area contributed by atoms with Gasteiger partial charge in [0.15, 0.2) is 6.10 Å². The minimum atomic E-state index is 0.0835. The van der Waals surface area contributed by atoms with E-state index in [1.807, 2.05) is 30.3 Å². The second-order valence-electron chi connectivity index (χ2n) is 2.88. The summed E-state index contributed by atoms with van der Waals surface area (Å²) < 4.78 is 5.48. The van der Waals surface area contributed by atoms with Crippen LogP contribution in [0.15, 0.2) is 35.5 Å². The SMILES string of the molecule is C1=NOC(COc2ccccc2)C1. The Balaban J connectivity index is 1.80. The van der Waals surface area contributed by atoms with Crippen LogP contribution in [0.4, 0.5) is 0 Å². The number of benzene rings is 1. The predicted octanol–water partition coefficient (Wildman–Crippen LogP) is 1.84. The molecule has 0 radical (unpaired) electrons. The average Bonchev–Trinajstić information content (AvgIpc) is 2.69. The van der Waals surface area contributed by atoms with Crippen molar-refractivity contribution in [3.63, 3.8) is 0 Å². The third-order valence-electron chi connectivity index (χ3n) is 1.83. The van der Waals surface area contributed by atoms with E-state index in [1.54, 1.807) is 6.21 Å². The molecule has 0 amide bonds. The largest absolute Gasteiger partial charge is 0.490 e. The third kappa shape index (κ3) is 2.21. The lowest BCUT2D eigenvalue weighted by atomic mass is 10.3. The summed E-state index contributed by atoms with van der Waals surface area (Å²) in [7, 11) is 0. The minimum absolute atomic E-state index is 0.0835. The van der Waals surface area contributed by atoms with Crippen LogP contribution in [0.3, 0.4) is 0 Å². The zero-order valence-corrected chi connectivity index (χ0v) is 7.22. The molecule has 1 aliphatic heterocycles. The molecule has 1 unspecified atom stereocenters. The van der Waals surface area contributed by atoms with Crippen molar-refractivity contribution in [3.8, 4) is 5.75 Å². The Labute approximate surface area is 77.0 Å². The number of oxime groups is 1. The molecule has 1 heterocycles. The lowest BCUT2D eigenvalue weighted by Gasteiger charge is -2.09. The van der Waals surface area contributed by atoms with Crippen LogP contribution in [0, 0.1) is 0 Å². The quantitative estimate of drug-likeness (QED) is 0.705. The van der Waals surface area contributed by atoms with E-state index >= 15 is 0 Å². The highest BCUT2D eigenvalue weighted by Gasteiger charge is 2.13. The van der Waals surface area contributed by atoms with E-state index in [0.717, 1.165) is 12.2 Å². The first-order valence-electron chi connectivity index (χ1n) is 4.30. The average molecular weight is 177 g/mol. The maximum atomic E-state index is 5.48. The molecule has 13 heavy (non-hydrogen) atoms. The van der Waals surface area contributed by atoms with Gasteiger partial charge in [-0.05, 0) is 12.1 Å². The zero-order chi connectivity index (χ0) is 8.93. The molecule has 1 aliphatic rings. The molecule has 0 spiro atoms. The fraction of sp³-hybridized carbons (Fsp3) is 0.300. The standard InChI is InChI=1S/C10H11NO2/c1-2-4-9(5-3-1)12-8-10-6-7-11-13-10/h1-5,7,10H,6,8H2. The zero-order valence-electron chi connectivity index (χ0n) is 7.22. The Morgan fingerprint density at radius 3 is 2.92 bits per heavy atom. The van der Waals surface area contributed by atoms with Gasteiger partial charge in [0, 0.05) is 12.6 Å². The molecule has 0 saturated heterocycles. The van der Waals surface area contributed by atoms with Crippen molar-refractivity contribution < 1.29 is 9.57 Å². The van der Waals surface area contributed by atoms with Crippen LogP contribution in [0.2, 0.25) is 0 Å². The molecule has 0 aromatic heterocycles. The summed E-state index contributed by atoms with van der Waals surface area (Å²) in [5.74, 6) is 0.873. The predicted molar refractivity (Wildman–Crippen MR) is 49.9 cm³/mol. The molecule has 2 rings (SSSR count). The van der Waals surface area contributed by atoms with Gasteiger partial charge < -0.3 is 9.57 Å². The molecule has 0 N–H and O–H groups in total. The highest BCUT2D eigenvalue weighted by atomic mass is 16.7. The minimum Gasteiger partial charge on any atom is -0.490 e. The van der Waals surface area contributed by atoms with Gasteiger partial charge in [-0.15, -0.1) is 0 Å². The molecule has 1 aromatic rings. The summed E-state index contributed by atoms with van der Waals surface area (Å²) in [6, 6.07) is 9.70. The van der Waals surface area contributed by atoms with Crippen molar-refractivity contribution >= 4 is 6.21 Å². The van der Waals surface area contributed by atoms with E-state index in [0.29, 0.717) is 6.61 Å². The van der Waals surface area contributed by atoms with E-state index in [-0.39, 0.29) is 6.10 Å². The van der Waals surface area contributed by atoms with Gasteiger partial charge in [-0.1, -0.05) is 23.4 Å². The van der Waals surface area contributed by atoms with Crippen molar-refractivity contribution in [1.29, 1.82) is 0 Å². The molecular weight excluding hydrogens is 166 g/mol. The van der Waals surface area contributed by atoms with Crippen LogP contribution in [0.1, 0.15) is 6.42 Å². The van der Waals surface area contributed by atoms with Crippen LogP contribution < -0.4 is 4.74 Å². The lowest BCUT2D eigenvalue weighted by Crippen LogP contribution is -2.16. The van der Waals surface area contributed by atoms with Crippen molar-refractivity contribution in [2.24, 2.45) is 5.16 Å². The van der Waals surface area contributed by atoms with Crippen LogP contribution in [0.5, 0.6) is 5.75 Å². The number of hydrogen-bond acceptors (Lipinski definition) is 3. The fourth-order valence-corrected chi connectivity index (χ4v) is 1.14. The number of rotatable bonds is 3. The molecule has 0 aliphatic carbocycles. The second-order valence-corrected chi connectivity index (χ2v) is 2.88. The summed E-state index contributed by atoms with van der Waals surface area (Å²) >= 11 is 0. The Hall–Kier alpha value is -1.51. The molecule has 0 fully saturated rings. The van der Waals surface area contributed by atoms with Crippen molar-refractivity contribution in [2.75, 3.05) is 6.61 Å². The van der Waals surface area contributed by atoms with Gasteiger partial charge in [-0.2, -0.15) is 0 Å². The Kier molecular flexibility index (Phi) is 2.45. The van der Waals surface area contributed by atoms with E-state index in [4.69, 9.17) is 9.57 Å². The topological polar surface area (TPSA) is 30.8 Å². The Morgan fingerprint density at radius 2 is 2.23 bits per heavy atom. The van der Waals surface area contributed by atoms with Gasteiger partial charge in [-0.3, -0.25) is 0 Å². The molecule has 1 aromatic carbocycles. The summed E-state index contributed by atoms with van der Waals surface area (Å²) in [6.45, 7) is 0.560. The van der Waals surface area contributed by atoms with Gasteiger partial charge in [0.1, 0.15) is 12.4 Å². The number of nitrogens with zero attached hydrogens (tertiary/aromatic N) is 1. The van der Waals surface area contributed by atoms with Crippen molar-refractivity contribution in [2.45, 2.75) is 12.5 Å². The van der Waals surface area contributed by atoms with Gasteiger partial charge in [0.05, 0.1) is 0 Å². The summed E-state index contributed by atoms with van der Waals surface area (Å²) in [5.41, 5.74) is 0. The second kappa shape index (κ2) is 3.94. The normalized spacial score (nSPS) is 19.8. The fourth-order valence-electron chi connectivity index (χ4n) is 1.14. The first-order chi connectivity index (χ1) is 6.45. The monoisotopic (exact) mass is 177 g/mol. The smallest absolute Gasteiger partial charge is 0.166 e. The number of para-hydroxylation sites is 1. The summed E-state index contributed by atoms with van der Waals surface area (Å²) in [4.78, 5) is 5.02. The van der Waals surface area contributed by atoms with Gasteiger partial charge in [-0.25, -0.2) is 0 Å². The number of hydrogen-bond donors (Lipinski definition) is 0. The maximum absolute atomic E-state index is 5.48. The van der Waals surface area contributed by atoms with Crippen LogP contribution in [-0.2, 0) is 4.84 Å². The third-order valence-corrected chi connectivity index (χ3v) is 1.83. The molecular formula is C10H11NO2. The highest BCUT2D eigenvalue weighted by Crippen LogP contribution is 2.11. The molecule has 3 nitrogen and oxygen atoms in total. The maximum Gasteiger partial charge on any atom is 0.166 e. The van der Waals surface area contributed by atoms with Gasteiger partial charge in [0.2, 0.25) is 0 Å². The summed E-state index contributed by atoms with van der Waals surface area (Å²) in [6.07, 6.45) is 2.69. The molecule has 1 atom stereocenters. The highest BCUT2D eigenvalue weighted by molar-refractivity contribution is 5.58. The van der Waals surface area contributed by atoms with Gasteiger partial charge in [0.25, 0.3) is 0 Å². The van der Waals surface area contributed by atoms with E-state index in [9.17, 15) is 0 Å². The van der Waals surface area contributed by atoms with E-state index in [1.165, 1.54) is 0 Å². The summed E-state index contributed by atoms with van der Waals surface area (Å²) in [5, 5.41) is 3.67. The molecule has 68 valence electrons. The number of ether oxygens (including phenoxy) is 1. The van der Waals surface area contributed by atoms with Gasteiger partial charge >= 0.3 is 0 Å². The van der Waals surface area contributed by atoms with Crippen LogP contribution in [-0.4, -0.2) is 18.9 Å². The van der Waals surface area contributed by atoms with Crippen molar-refractivity contribution in [3.05, 3.63) is 30.3 Å². The molecule has 0 bridgehead atoms. The van der Waals surface area contributed by atoms with Crippen molar-refractivity contribution in [1.82, 2.24) is 0 Å². The lowest BCUT2D eigenvalue weighted by molar-refractivity contribution is 0.0471. The van der Waals surface area contributed by atoms with E-state index < -0.39 is 0 Å².